The Morgan fingerprint density at radius 1 is 1.31 bits per heavy atom. The molecule has 1 N–H and O–H groups in total. The van der Waals surface area contributed by atoms with Crippen LogP contribution in [0, 0.1) is 5.41 Å². The predicted octanol–water partition coefficient (Wildman–Crippen LogP) is 3.12. The van der Waals surface area contributed by atoms with Crippen molar-refractivity contribution < 1.29 is 0 Å². The average Bonchev–Trinajstić information content (AvgIpc) is 2.04. The first-order chi connectivity index (χ1) is 6.08. The molecular weight excluding hydrogens is 158 g/mol. The predicted molar refractivity (Wildman–Crippen MR) is 58.9 cm³/mol. The summed E-state index contributed by atoms with van der Waals surface area (Å²) in [6, 6.07) is 0.743. The minimum atomic E-state index is 0.470. The van der Waals surface area contributed by atoms with Gasteiger partial charge >= 0.3 is 0 Å². The molecule has 0 spiro atoms. The molecule has 0 aromatic carbocycles. The maximum atomic E-state index is 3.63. The van der Waals surface area contributed by atoms with E-state index in [1.807, 2.05) is 0 Å². The quantitative estimate of drug-likeness (QED) is 0.660. The van der Waals surface area contributed by atoms with Crippen LogP contribution in [0.3, 0.4) is 0 Å². The minimum Gasteiger partial charge on any atom is -0.314 e. The molecule has 0 saturated carbocycles. The normalized spacial score (nSPS) is 23.5. The van der Waals surface area contributed by atoms with Crippen molar-refractivity contribution in [1.29, 1.82) is 0 Å². The smallest absolute Gasteiger partial charge is 0.0104 e. The fourth-order valence-electron chi connectivity index (χ4n) is 1.63. The first kappa shape index (κ1) is 10.8. The van der Waals surface area contributed by atoms with Crippen LogP contribution in [-0.2, 0) is 0 Å². The monoisotopic (exact) mass is 181 g/mol. The van der Waals surface area contributed by atoms with Crippen molar-refractivity contribution >= 4 is 0 Å². The molecule has 1 aliphatic carbocycles. The highest BCUT2D eigenvalue weighted by Crippen LogP contribution is 2.18. The van der Waals surface area contributed by atoms with Crippen molar-refractivity contribution in [3.8, 4) is 0 Å². The molecule has 0 amide bonds. The largest absolute Gasteiger partial charge is 0.314 e. The number of rotatable bonds is 3. The highest BCUT2D eigenvalue weighted by molar-refractivity contribution is 4.92. The molecule has 0 radical (unpaired) electrons. The molecule has 0 saturated heterocycles. The van der Waals surface area contributed by atoms with Crippen molar-refractivity contribution in [1.82, 2.24) is 5.32 Å². The van der Waals surface area contributed by atoms with Crippen molar-refractivity contribution in [2.45, 2.75) is 52.5 Å². The molecule has 1 atom stereocenters. The van der Waals surface area contributed by atoms with Gasteiger partial charge in [-0.3, -0.25) is 0 Å². The molecule has 1 aliphatic rings. The molecule has 1 heteroatoms. The standard InChI is InChI=1S/C12H23N/c1-12(2,3)9-10-13-11-7-5-4-6-8-11/h4-5,11,13H,6-10H2,1-3H3. The molecule has 0 aromatic heterocycles. The van der Waals surface area contributed by atoms with Crippen LogP contribution in [0.5, 0.6) is 0 Å². The third kappa shape index (κ3) is 5.09. The molecule has 0 fully saturated rings. The molecule has 1 nitrogen and oxygen atoms in total. The molecule has 13 heavy (non-hydrogen) atoms. The zero-order chi connectivity index (χ0) is 9.73. The van der Waals surface area contributed by atoms with E-state index in [2.05, 4.69) is 38.2 Å². The average molecular weight is 181 g/mol. The zero-order valence-corrected chi connectivity index (χ0v) is 9.27. The molecule has 76 valence electrons. The van der Waals surface area contributed by atoms with Gasteiger partial charge in [0.1, 0.15) is 0 Å². The summed E-state index contributed by atoms with van der Waals surface area (Å²) in [7, 11) is 0. The van der Waals surface area contributed by atoms with E-state index in [0.29, 0.717) is 5.41 Å². The highest BCUT2D eigenvalue weighted by atomic mass is 14.9. The number of hydrogen-bond acceptors (Lipinski definition) is 1. The lowest BCUT2D eigenvalue weighted by atomic mass is 9.92. The molecular formula is C12H23N. The summed E-state index contributed by atoms with van der Waals surface area (Å²) in [5, 5.41) is 3.63. The molecule has 1 rings (SSSR count). The van der Waals surface area contributed by atoms with E-state index in [4.69, 9.17) is 0 Å². The van der Waals surface area contributed by atoms with E-state index in [1.54, 1.807) is 0 Å². The Morgan fingerprint density at radius 2 is 2.08 bits per heavy atom. The van der Waals surface area contributed by atoms with E-state index in [9.17, 15) is 0 Å². The maximum Gasteiger partial charge on any atom is 0.0104 e. The van der Waals surface area contributed by atoms with Gasteiger partial charge in [0.05, 0.1) is 0 Å². The van der Waals surface area contributed by atoms with Gasteiger partial charge in [-0.2, -0.15) is 0 Å². The Morgan fingerprint density at radius 3 is 2.62 bits per heavy atom. The lowest BCUT2D eigenvalue weighted by molar-refractivity contribution is 0.348. The third-order valence-corrected chi connectivity index (χ3v) is 2.58. The van der Waals surface area contributed by atoms with Gasteiger partial charge in [-0.15, -0.1) is 0 Å². The molecule has 0 aromatic rings. The van der Waals surface area contributed by atoms with Gasteiger partial charge < -0.3 is 5.32 Å². The van der Waals surface area contributed by atoms with Crippen LogP contribution in [-0.4, -0.2) is 12.6 Å². The second kappa shape index (κ2) is 4.80. The SMILES string of the molecule is CC(C)(C)CCNC1CC=CCC1. The Bertz CT molecular complexity index is 164. The summed E-state index contributed by atoms with van der Waals surface area (Å²) in [6.07, 6.45) is 9.67. The number of nitrogens with one attached hydrogen (secondary N) is 1. The van der Waals surface area contributed by atoms with Gasteiger partial charge in [0.25, 0.3) is 0 Å². The minimum absolute atomic E-state index is 0.470. The molecule has 1 unspecified atom stereocenters. The van der Waals surface area contributed by atoms with Gasteiger partial charge in [0.2, 0.25) is 0 Å². The third-order valence-electron chi connectivity index (χ3n) is 2.58. The Hall–Kier alpha value is -0.300. The van der Waals surface area contributed by atoms with Gasteiger partial charge in [-0.05, 0) is 37.6 Å². The number of hydrogen-bond donors (Lipinski definition) is 1. The van der Waals surface area contributed by atoms with Crippen LogP contribution >= 0.6 is 0 Å². The van der Waals surface area contributed by atoms with Crippen molar-refractivity contribution in [2.24, 2.45) is 5.41 Å². The molecule has 0 bridgehead atoms. The van der Waals surface area contributed by atoms with E-state index < -0.39 is 0 Å². The highest BCUT2D eigenvalue weighted by Gasteiger charge is 2.12. The van der Waals surface area contributed by atoms with Crippen LogP contribution in [0.1, 0.15) is 46.5 Å². The molecule has 0 heterocycles. The fraction of sp³-hybridized carbons (Fsp3) is 0.833. The van der Waals surface area contributed by atoms with Crippen LogP contribution in [0.25, 0.3) is 0 Å². The lowest BCUT2D eigenvalue weighted by Gasteiger charge is -2.23. The summed E-state index contributed by atoms with van der Waals surface area (Å²) >= 11 is 0. The lowest BCUT2D eigenvalue weighted by Crippen LogP contribution is -2.32. The summed E-state index contributed by atoms with van der Waals surface area (Å²) in [6.45, 7) is 8.07. The van der Waals surface area contributed by atoms with Crippen molar-refractivity contribution in [3.05, 3.63) is 12.2 Å². The summed E-state index contributed by atoms with van der Waals surface area (Å²) < 4.78 is 0. The van der Waals surface area contributed by atoms with E-state index in [-0.39, 0.29) is 0 Å². The fourth-order valence-corrected chi connectivity index (χ4v) is 1.63. The van der Waals surface area contributed by atoms with E-state index >= 15 is 0 Å². The van der Waals surface area contributed by atoms with Crippen LogP contribution in [0.2, 0.25) is 0 Å². The first-order valence-electron chi connectivity index (χ1n) is 5.46. The number of allylic oxidation sites excluding steroid dienone is 1. The van der Waals surface area contributed by atoms with Gasteiger partial charge in [-0.1, -0.05) is 32.9 Å². The first-order valence-corrected chi connectivity index (χ1v) is 5.46. The molecule has 0 aliphatic heterocycles. The van der Waals surface area contributed by atoms with Crippen LogP contribution < -0.4 is 5.32 Å². The Kier molecular flexibility index (Phi) is 3.98. The summed E-state index contributed by atoms with van der Waals surface area (Å²) in [5.41, 5.74) is 0.470. The maximum absolute atomic E-state index is 3.63. The van der Waals surface area contributed by atoms with Crippen molar-refractivity contribution in [2.75, 3.05) is 6.54 Å². The second-order valence-electron chi connectivity index (χ2n) is 5.25. The topological polar surface area (TPSA) is 12.0 Å². The zero-order valence-electron chi connectivity index (χ0n) is 9.27. The Balaban J connectivity index is 2.09. The van der Waals surface area contributed by atoms with Gasteiger partial charge in [-0.25, -0.2) is 0 Å². The van der Waals surface area contributed by atoms with Crippen LogP contribution in [0.4, 0.5) is 0 Å². The summed E-state index contributed by atoms with van der Waals surface area (Å²) in [4.78, 5) is 0. The van der Waals surface area contributed by atoms with Gasteiger partial charge in [0, 0.05) is 6.04 Å². The van der Waals surface area contributed by atoms with Gasteiger partial charge in [0.15, 0.2) is 0 Å². The van der Waals surface area contributed by atoms with Crippen molar-refractivity contribution in [3.63, 3.8) is 0 Å². The van der Waals surface area contributed by atoms with E-state index in [1.165, 1.54) is 32.2 Å². The summed E-state index contributed by atoms with van der Waals surface area (Å²) in [5.74, 6) is 0. The second-order valence-corrected chi connectivity index (χ2v) is 5.25. The Labute approximate surface area is 82.6 Å². The van der Waals surface area contributed by atoms with E-state index in [0.717, 1.165) is 6.04 Å². The van der Waals surface area contributed by atoms with Crippen LogP contribution in [0.15, 0.2) is 12.2 Å².